The van der Waals surface area contributed by atoms with Gasteiger partial charge in [0.15, 0.2) is 11.5 Å². The molecule has 0 aromatic heterocycles. The lowest BCUT2D eigenvalue weighted by Gasteiger charge is -2.14. The number of benzene rings is 1. The van der Waals surface area contributed by atoms with E-state index in [1.54, 1.807) is 0 Å². The molecule has 1 aromatic rings. The third-order valence-electron chi connectivity index (χ3n) is 1.65. The smallest absolute Gasteiger partial charge is 0.404 e. The minimum absolute atomic E-state index is 0.0533. The van der Waals surface area contributed by atoms with Gasteiger partial charge in [-0.05, 0) is 50.9 Å². The van der Waals surface area contributed by atoms with Crippen molar-refractivity contribution in [1.82, 2.24) is 0 Å². The summed E-state index contributed by atoms with van der Waals surface area (Å²) in [6.07, 6.45) is -4.84. The van der Waals surface area contributed by atoms with E-state index in [0.717, 1.165) is 0 Å². The molecular weight excluding hydrogens is 357 g/mol. The number of rotatable bonds is 2. The zero-order valence-corrected chi connectivity index (χ0v) is 11.0. The highest BCUT2D eigenvalue weighted by molar-refractivity contribution is 9.13. The molecule has 0 aliphatic rings. The van der Waals surface area contributed by atoms with E-state index in [9.17, 15) is 18.0 Å². The second-order valence-electron chi connectivity index (χ2n) is 2.84. The molecular formula is C9H5Br2F3O2. The highest BCUT2D eigenvalue weighted by atomic mass is 79.9. The second kappa shape index (κ2) is 4.75. The predicted molar refractivity (Wildman–Crippen MR) is 58.5 cm³/mol. The molecule has 0 bridgehead atoms. The summed E-state index contributed by atoms with van der Waals surface area (Å²) in [4.78, 5) is 11.1. The van der Waals surface area contributed by atoms with Gasteiger partial charge in [0.1, 0.15) is 0 Å². The molecule has 16 heavy (non-hydrogen) atoms. The van der Waals surface area contributed by atoms with Crippen LogP contribution in [-0.2, 0) is 0 Å². The third kappa shape index (κ3) is 3.21. The predicted octanol–water partition coefficient (Wildman–Crippen LogP) is 4.31. The summed E-state index contributed by atoms with van der Waals surface area (Å²) < 4.78 is 40.6. The number of Topliss-reactive ketones (excluding diaryl/α,β-unsaturated/α-hetero) is 1. The molecule has 2 nitrogen and oxygen atoms in total. The average molecular weight is 362 g/mol. The Morgan fingerprint density at radius 1 is 1.31 bits per heavy atom. The first-order valence-corrected chi connectivity index (χ1v) is 5.55. The molecule has 0 unspecified atom stereocenters. The molecule has 0 radical (unpaired) electrons. The quantitative estimate of drug-likeness (QED) is 0.733. The maximum absolute atomic E-state index is 12.1. The summed E-state index contributed by atoms with van der Waals surface area (Å²) in [7, 11) is 0. The van der Waals surface area contributed by atoms with Crippen LogP contribution in [0.1, 0.15) is 17.3 Å². The normalized spacial score (nSPS) is 11.4. The van der Waals surface area contributed by atoms with Gasteiger partial charge in [-0.2, -0.15) is 0 Å². The van der Waals surface area contributed by atoms with Crippen LogP contribution in [0.15, 0.2) is 21.1 Å². The van der Waals surface area contributed by atoms with Gasteiger partial charge in [0, 0.05) is 4.47 Å². The minimum Gasteiger partial charge on any atom is -0.404 e. The Morgan fingerprint density at radius 2 is 1.88 bits per heavy atom. The first-order valence-electron chi connectivity index (χ1n) is 3.97. The standard InChI is InChI=1S/C9H5Br2F3O2/c1-4(15)5-2-3-6(10)7(11)8(5)16-9(12,13)14/h2-3H,1H3. The Balaban J connectivity index is 3.32. The van der Waals surface area contributed by atoms with Gasteiger partial charge in [0.05, 0.1) is 10.0 Å². The van der Waals surface area contributed by atoms with Crippen molar-refractivity contribution in [3.05, 3.63) is 26.6 Å². The minimum atomic E-state index is -4.84. The number of carbonyl (C=O) groups excluding carboxylic acids is 1. The fraction of sp³-hybridized carbons (Fsp3) is 0.222. The Morgan fingerprint density at radius 3 is 2.31 bits per heavy atom. The van der Waals surface area contributed by atoms with Gasteiger partial charge in [-0.25, -0.2) is 0 Å². The highest BCUT2D eigenvalue weighted by Crippen LogP contribution is 2.38. The van der Waals surface area contributed by atoms with Crippen molar-refractivity contribution in [2.45, 2.75) is 13.3 Å². The monoisotopic (exact) mass is 360 g/mol. The number of carbonyl (C=O) groups is 1. The van der Waals surface area contributed by atoms with Crippen molar-refractivity contribution in [2.24, 2.45) is 0 Å². The van der Waals surface area contributed by atoms with Crippen molar-refractivity contribution < 1.29 is 22.7 Å². The zero-order chi connectivity index (χ0) is 12.5. The summed E-state index contributed by atoms with van der Waals surface area (Å²) >= 11 is 5.96. The van der Waals surface area contributed by atoms with E-state index >= 15 is 0 Å². The van der Waals surface area contributed by atoms with Crippen LogP contribution in [0.3, 0.4) is 0 Å². The van der Waals surface area contributed by atoms with E-state index in [4.69, 9.17) is 0 Å². The van der Waals surface area contributed by atoms with Crippen molar-refractivity contribution in [3.8, 4) is 5.75 Å². The van der Waals surface area contributed by atoms with Crippen molar-refractivity contribution in [3.63, 3.8) is 0 Å². The van der Waals surface area contributed by atoms with Crippen LogP contribution in [0.25, 0.3) is 0 Å². The van der Waals surface area contributed by atoms with Crippen LogP contribution >= 0.6 is 31.9 Å². The van der Waals surface area contributed by atoms with E-state index in [1.807, 2.05) is 0 Å². The van der Waals surface area contributed by atoms with E-state index < -0.39 is 17.9 Å². The van der Waals surface area contributed by atoms with Gasteiger partial charge >= 0.3 is 6.36 Å². The molecule has 88 valence electrons. The third-order valence-corrected chi connectivity index (χ3v) is 3.63. The van der Waals surface area contributed by atoms with Crippen LogP contribution in [0.4, 0.5) is 13.2 Å². The molecule has 1 aromatic carbocycles. The molecule has 0 N–H and O–H groups in total. The first-order chi connectivity index (χ1) is 7.22. The molecule has 0 amide bonds. The summed E-state index contributed by atoms with van der Waals surface area (Å²) in [5.74, 6) is -1.04. The molecule has 0 aliphatic carbocycles. The summed E-state index contributed by atoms with van der Waals surface area (Å²) in [6.45, 7) is 1.17. The maximum Gasteiger partial charge on any atom is 0.573 e. The number of ether oxygens (including phenoxy) is 1. The average Bonchev–Trinajstić information content (AvgIpc) is 2.10. The molecule has 0 fully saturated rings. The van der Waals surface area contributed by atoms with E-state index in [-0.39, 0.29) is 10.0 Å². The van der Waals surface area contributed by atoms with Crippen LogP contribution in [-0.4, -0.2) is 12.1 Å². The molecule has 7 heteroatoms. The molecule has 1 rings (SSSR count). The van der Waals surface area contributed by atoms with E-state index in [0.29, 0.717) is 4.47 Å². The maximum atomic E-state index is 12.1. The van der Waals surface area contributed by atoms with Gasteiger partial charge in [-0.3, -0.25) is 4.79 Å². The molecule has 0 spiro atoms. The van der Waals surface area contributed by atoms with E-state index in [2.05, 4.69) is 36.6 Å². The van der Waals surface area contributed by atoms with Crippen molar-refractivity contribution >= 4 is 37.6 Å². The lowest BCUT2D eigenvalue weighted by Crippen LogP contribution is -2.19. The van der Waals surface area contributed by atoms with Crippen LogP contribution < -0.4 is 4.74 Å². The largest absolute Gasteiger partial charge is 0.573 e. The number of ketones is 1. The van der Waals surface area contributed by atoms with Gasteiger partial charge in [-0.1, -0.05) is 0 Å². The SMILES string of the molecule is CC(=O)c1ccc(Br)c(Br)c1OC(F)(F)F. The first kappa shape index (κ1) is 13.5. The Kier molecular flexibility index (Phi) is 4.01. The second-order valence-corrected chi connectivity index (χ2v) is 4.49. The Bertz CT molecular complexity index is 429. The van der Waals surface area contributed by atoms with Crippen molar-refractivity contribution in [1.29, 1.82) is 0 Å². The van der Waals surface area contributed by atoms with Gasteiger partial charge in [0.2, 0.25) is 0 Å². The molecule has 0 heterocycles. The lowest BCUT2D eigenvalue weighted by molar-refractivity contribution is -0.275. The van der Waals surface area contributed by atoms with Gasteiger partial charge in [-0.15, -0.1) is 13.2 Å². The fourth-order valence-corrected chi connectivity index (χ4v) is 1.76. The summed E-state index contributed by atoms with van der Waals surface area (Å²) in [5.41, 5.74) is -0.132. The number of hydrogen-bond donors (Lipinski definition) is 0. The lowest BCUT2D eigenvalue weighted by atomic mass is 10.1. The highest BCUT2D eigenvalue weighted by Gasteiger charge is 2.34. The van der Waals surface area contributed by atoms with Gasteiger partial charge < -0.3 is 4.74 Å². The Hall–Kier alpha value is -0.560. The molecule has 0 atom stereocenters. The summed E-state index contributed by atoms with van der Waals surface area (Å²) in [5, 5.41) is 0. The summed E-state index contributed by atoms with van der Waals surface area (Å²) in [6, 6.07) is 2.72. The number of halogens is 5. The molecule has 0 saturated carbocycles. The van der Waals surface area contributed by atoms with Crippen molar-refractivity contribution in [2.75, 3.05) is 0 Å². The Labute approximate surface area is 106 Å². The van der Waals surface area contributed by atoms with Crippen LogP contribution in [0, 0.1) is 0 Å². The molecule has 0 saturated heterocycles. The van der Waals surface area contributed by atoms with Crippen LogP contribution in [0.2, 0.25) is 0 Å². The zero-order valence-electron chi connectivity index (χ0n) is 7.86. The topological polar surface area (TPSA) is 26.3 Å². The van der Waals surface area contributed by atoms with E-state index in [1.165, 1.54) is 19.1 Å². The molecule has 0 aliphatic heterocycles. The van der Waals surface area contributed by atoms with Gasteiger partial charge in [0.25, 0.3) is 0 Å². The number of alkyl halides is 3. The fourth-order valence-electron chi connectivity index (χ4n) is 1.02. The number of hydrogen-bond acceptors (Lipinski definition) is 2. The van der Waals surface area contributed by atoms with Crippen LogP contribution in [0.5, 0.6) is 5.75 Å².